The van der Waals surface area contributed by atoms with Crippen molar-refractivity contribution in [2.24, 2.45) is 0 Å². The molecule has 1 aliphatic rings. The number of nitrogens with one attached hydrogen (secondary N) is 1. The SMILES string of the molecule is S=c1[nH]c2cnc3ccccc3c2n1N1CCCCC1. The van der Waals surface area contributed by atoms with Gasteiger partial charge in [-0.25, -0.2) is 4.68 Å². The molecule has 0 spiro atoms. The van der Waals surface area contributed by atoms with E-state index in [1.807, 2.05) is 18.3 Å². The summed E-state index contributed by atoms with van der Waals surface area (Å²) in [5.74, 6) is 0. The number of benzene rings is 1. The lowest BCUT2D eigenvalue weighted by atomic mass is 10.1. The van der Waals surface area contributed by atoms with Crippen LogP contribution in [0.25, 0.3) is 21.9 Å². The highest BCUT2D eigenvalue weighted by Gasteiger charge is 2.16. The van der Waals surface area contributed by atoms with Crippen molar-refractivity contribution in [1.29, 1.82) is 0 Å². The molecule has 2 aromatic heterocycles. The molecular formula is C15H16N4S. The monoisotopic (exact) mass is 284 g/mol. The van der Waals surface area contributed by atoms with Crippen LogP contribution in [-0.2, 0) is 0 Å². The Morgan fingerprint density at radius 2 is 1.90 bits per heavy atom. The van der Waals surface area contributed by atoms with Crippen LogP contribution in [0.4, 0.5) is 0 Å². The maximum atomic E-state index is 5.53. The highest BCUT2D eigenvalue weighted by atomic mass is 32.1. The van der Waals surface area contributed by atoms with E-state index in [0.29, 0.717) is 0 Å². The van der Waals surface area contributed by atoms with Crippen LogP contribution < -0.4 is 5.01 Å². The molecule has 0 radical (unpaired) electrons. The number of hydrogen-bond donors (Lipinski definition) is 1. The number of rotatable bonds is 1. The quantitative estimate of drug-likeness (QED) is 0.696. The first kappa shape index (κ1) is 11.9. The molecule has 1 aliphatic heterocycles. The van der Waals surface area contributed by atoms with E-state index in [9.17, 15) is 0 Å². The van der Waals surface area contributed by atoms with Gasteiger partial charge in [0, 0.05) is 18.5 Å². The number of pyridine rings is 1. The van der Waals surface area contributed by atoms with Crippen molar-refractivity contribution in [1.82, 2.24) is 14.6 Å². The van der Waals surface area contributed by atoms with Crippen molar-refractivity contribution >= 4 is 34.2 Å². The molecule has 0 saturated carbocycles. The number of piperidine rings is 1. The number of nitrogens with zero attached hydrogens (tertiary/aromatic N) is 3. The van der Waals surface area contributed by atoms with Crippen LogP contribution in [0.3, 0.4) is 0 Å². The fourth-order valence-corrected chi connectivity index (χ4v) is 3.38. The maximum absolute atomic E-state index is 5.53. The fourth-order valence-electron chi connectivity index (χ4n) is 3.06. The zero-order valence-electron chi connectivity index (χ0n) is 11.2. The van der Waals surface area contributed by atoms with Crippen LogP contribution >= 0.6 is 12.2 Å². The van der Waals surface area contributed by atoms with E-state index >= 15 is 0 Å². The van der Waals surface area contributed by atoms with E-state index in [2.05, 4.69) is 31.8 Å². The number of hydrogen-bond acceptors (Lipinski definition) is 3. The number of aromatic nitrogens is 3. The van der Waals surface area contributed by atoms with Crippen molar-refractivity contribution in [3.05, 3.63) is 35.2 Å². The Bertz CT molecular complexity index is 827. The third-order valence-corrected chi connectivity index (χ3v) is 4.28. The summed E-state index contributed by atoms with van der Waals surface area (Å²) in [5, 5.41) is 3.51. The fraction of sp³-hybridized carbons (Fsp3) is 0.333. The molecular weight excluding hydrogens is 268 g/mol. The second kappa shape index (κ2) is 4.59. The molecule has 0 aliphatic carbocycles. The molecule has 5 heteroatoms. The minimum atomic E-state index is 0.764. The molecule has 4 nitrogen and oxygen atoms in total. The highest BCUT2D eigenvalue weighted by Crippen LogP contribution is 2.24. The largest absolute Gasteiger partial charge is 0.328 e. The molecule has 1 saturated heterocycles. The van der Waals surface area contributed by atoms with Gasteiger partial charge >= 0.3 is 0 Å². The zero-order chi connectivity index (χ0) is 13.5. The van der Waals surface area contributed by atoms with Gasteiger partial charge in [-0.2, -0.15) is 0 Å². The van der Waals surface area contributed by atoms with Crippen LogP contribution in [0.1, 0.15) is 19.3 Å². The first-order valence-corrected chi connectivity index (χ1v) is 7.49. The molecule has 3 heterocycles. The van der Waals surface area contributed by atoms with E-state index < -0.39 is 0 Å². The first-order valence-electron chi connectivity index (χ1n) is 7.08. The lowest BCUT2D eigenvalue weighted by Crippen LogP contribution is -2.39. The summed E-state index contributed by atoms with van der Waals surface area (Å²) in [7, 11) is 0. The van der Waals surface area contributed by atoms with Gasteiger partial charge in [0.15, 0.2) is 4.77 Å². The van der Waals surface area contributed by atoms with Gasteiger partial charge in [0.25, 0.3) is 0 Å². The van der Waals surface area contributed by atoms with Crippen molar-refractivity contribution in [3.63, 3.8) is 0 Å². The Morgan fingerprint density at radius 1 is 1.10 bits per heavy atom. The van der Waals surface area contributed by atoms with Crippen LogP contribution in [0.15, 0.2) is 30.5 Å². The molecule has 0 unspecified atom stereocenters. The van der Waals surface area contributed by atoms with E-state index in [4.69, 9.17) is 12.2 Å². The zero-order valence-corrected chi connectivity index (χ0v) is 12.0. The molecule has 1 aromatic carbocycles. The first-order chi connectivity index (χ1) is 9.84. The lowest BCUT2D eigenvalue weighted by molar-refractivity contribution is 0.483. The van der Waals surface area contributed by atoms with Gasteiger partial charge in [-0.05, 0) is 37.5 Å². The second-order valence-electron chi connectivity index (χ2n) is 5.29. The summed E-state index contributed by atoms with van der Waals surface area (Å²) in [6.45, 7) is 2.13. The van der Waals surface area contributed by atoms with E-state index in [1.165, 1.54) is 19.3 Å². The van der Waals surface area contributed by atoms with Gasteiger partial charge in [-0.1, -0.05) is 18.2 Å². The van der Waals surface area contributed by atoms with Crippen LogP contribution in [0.5, 0.6) is 0 Å². The molecule has 1 fully saturated rings. The standard InChI is InChI=1S/C15H16N4S/c20-15-17-13-10-16-12-7-3-2-6-11(12)14(13)19(15)18-8-4-1-5-9-18/h2-3,6-7,10H,1,4-5,8-9H2,(H,17,20). The summed E-state index contributed by atoms with van der Waals surface area (Å²) in [5.41, 5.74) is 3.18. The lowest BCUT2D eigenvalue weighted by Gasteiger charge is -2.30. The average molecular weight is 284 g/mol. The van der Waals surface area contributed by atoms with Gasteiger partial charge in [-0.15, -0.1) is 0 Å². The van der Waals surface area contributed by atoms with Gasteiger partial charge in [0.1, 0.15) is 0 Å². The second-order valence-corrected chi connectivity index (χ2v) is 5.68. The van der Waals surface area contributed by atoms with Gasteiger partial charge < -0.3 is 9.99 Å². The van der Waals surface area contributed by atoms with E-state index in [0.717, 1.165) is 39.8 Å². The number of imidazole rings is 1. The smallest absolute Gasteiger partial charge is 0.197 e. The number of H-pyrrole nitrogens is 1. The summed E-state index contributed by atoms with van der Waals surface area (Å²) in [4.78, 5) is 7.79. The Morgan fingerprint density at radius 3 is 2.75 bits per heavy atom. The summed E-state index contributed by atoms with van der Waals surface area (Å²) in [6.07, 6.45) is 5.66. The Hall–Kier alpha value is -1.88. The maximum Gasteiger partial charge on any atom is 0.197 e. The molecule has 20 heavy (non-hydrogen) atoms. The minimum absolute atomic E-state index is 0.764. The predicted molar refractivity (Wildman–Crippen MR) is 84.2 cm³/mol. The molecule has 3 aromatic rings. The van der Waals surface area contributed by atoms with Crippen LogP contribution in [0.2, 0.25) is 0 Å². The molecule has 0 bridgehead atoms. The summed E-state index contributed by atoms with van der Waals surface area (Å²) < 4.78 is 2.94. The number of aromatic amines is 1. The third-order valence-electron chi connectivity index (χ3n) is 4.01. The normalized spacial score (nSPS) is 16.1. The Labute approximate surface area is 122 Å². The van der Waals surface area contributed by atoms with Crippen LogP contribution in [-0.4, -0.2) is 27.7 Å². The van der Waals surface area contributed by atoms with Gasteiger partial charge in [-0.3, -0.25) is 4.98 Å². The van der Waals surface area contributed by atoms with Gasteiger partial charge in [0.05, 0.1) is 22.7 Å². The third kappa shape index (κ3) is 1.73. The Kier molecular flexibility index (Phi) is 2.73. The van der Waals surface area contributed by atoms with Crippen molar-refractivity contribution < 1.29 is 0 Å². The van der Waals surface area contributed by atoms with Gasteiger partial charge in [0.2, 0.25) is 0 Å². The average Bonchev–Trinajstić information content (AvgIpc) is 2.84. The number of para-hydroxylation sites is 1. The van der Waals surface area contributed by atoms with Crippen molar-refractivity contribution in [2.45, 2.75) is 19.3 Å². The molecule has 102 valence electrons. The van der Waals surface area contributed by atoms with Crippen LogP contribution in [0, 0.1) is 4.77 Å². The van der Waals surface area contributed by atoms with E-state index in [1.54, 1.807) is 0 Å². The Balaban J connectivity index is 2.05. The van der Waals surface area contributed by atoms with Crippen molar-refractivity contribution in [3.8, 4) is 0 Å². The predicted octanol–water partition coefficient (Wildman–Crippen LogP) is 3.37. The molecule has 0 atom stereocenters. The number of fused-ring (bicyclic) bond motifs is 3. The topological polar surface area (TPSA) is 36.9 Å². The van der Waals surface area contributed by atoms with Crippen molar-refractivity contribution in [2.75, 3.05) is 18.1 Å². The highest BCUT2D eigenvalue weighted by molar-refractivity contribution is 7.71. The molecule has 4 rings (SSSR count). The summed E-state index contributed by atoms with van der Waals surface area (Å²) in [6, 6.07) is 8.24. The summed E-state index contributed by atoms with van der Waals surface area (Å²) >= 11 is 5.53. The molecule has 0 amide bonds. The minimum Gasteiger partial charge on any atom is -0.328 e. The molecule has 1 N–H and O–H groups in total. The van der Waals surface area contributed by atoms with E-state index in [-0.39, 0.29) is 0 Å².